The van der Waals surface area contributed by atoms with Crippen LogP contribution in [0.2, 0.25) is 0 Å². The molecule has 0 fully saturated rings. The van der Waals surface area contributed by atoms with Gasteiger partial charge in [-0.15, -0.1) is 0 Å². The maximum absolute atomic E-state index is 3.71. The van der Waals surface area contributed by atoms with Crippen molar-refractivity contribution < 1.29 is 0 Å². The van der Waals surface area contributed by atoms with Crippen LogP contribution in [0.4, 0.5) is 5.69 Å². The van der Waals surface area contributed by atoms with Gasteiger partial charge in [0.25, 0.3) is 0 Å². The Balaban J connectivity index is 2.75. The van der Waals surface area contributed by atoms with Crippen molar-refractivity contribution >= 4 is 11.8 Å². The molecule has 1 aromatic carbocycles. The fourth-order valence-corrected chi connectivity index (χ4v) is 1.14. The van der Waals surface area contributed by atoms with E-state index in [4.69, 9.17) is 0 Å². The van der Waals surface area contributed by atoms with E-state index in [1.807, 2.05) is 6.08 Å². The van der Waals surface area contributed by atoms with Gasteiger partial charge >= 0.3 is 0 Å². The maximum Gasteiger partial charge on any atom is 0.0344 e. The third kappa shape index (κ3) is 3.32. The molecule has 0 aliphatic carbocycles. The molecule has 70 valence electrons. The highest BCUT2D eigenvalue weighted by Crippen LogP contribution is 2.15. The topological polar surface area (TPSA) is 12.0 Å². The van der Waals surface area contributed by atoms with E-state index in [1.54, 1.807) is 0 Å². The molecule has 0 saturated heterocycles. The van der Waals surface area contributed by atoms with Gasteiger partial charge in [-0.3, -0.25) is 0 Å². The molecule has 1 aromatic rings. The second kappa shape index (κ2) is 3.65. The van der Waals surface area contributed by atoms with Crippen LogP contribution >= 0.6 is 0 Å². The molecule has 0 aromatic heterocycles. The highest BCUT2D eigenvalue weighted by molar-refractivity contribution is 5.54. The molecule has 1 N–H and O–H groups in total. The van der Waals surface area contributed by atoms with Gasteiger partial charge in [-0.25, -0.2) is 0 Å². The molecule has 0 atom stereocenters. The summed E-state index contributed by atoms with van der Waals surface area (Å²) in [6, 6.07) is 8.26. The van der Waals surface area contributed by atoms with Crippen LogP contribution in [-0.4, -0.2) is 5.54 Å². The Labute approximate surface area is 80.5 Å². The predicted molar refractivity (Wildman–Crippen MR) is 59.9 cm³/mol. The first-order valence-electron chi connectivity index (χ1n) is 4.52. The van der Waals surface area contributed by atoms with E-state index in [0.717, 1.165) is 11.3 Å². The van der Waals surface area contributed by atoms with Gasteiger partial charge in [-0.2, -0.15) is 0 Å². The summed E-state index contributed by atoms with van der Waals surface area (Å²) >= 11 is 0. The maximum atomic E-state index is 3.71. The molecular formula is C12H17N. The zero-order valence-electron chi connectivity index (χ0n) is 8.59. The fourth-order valence-electron chi connectivity index (χ4n) is 1.14. The van der Waals surface area contributed by atoms with Crippen molar-refractivity contribution in [1.29, 1.82) is 0 Å². The predicted octanol–water partition coefficient (Wildman–Crippen LogP) is 3.54. The average molecular weight is 175 g/mol. The molecule has 0 unspecified atom stereocenters. The van der Waals surface area contributed by atoms with Crippen LogP contribution in [0.1, 0.15) is 26.3 Å². The Morgan fingerprint density at radius 3 is 2.08 bits per heavy atom. The van der Waals surface area contributed by atoms with E-state index >= 15 is 0 Å². The molecule has 1 rings (SSSR count). The van der Waals surface area contributed by atoms with E-state index in [1.165, 1.54) is 0 Å². The van der Waals surface area contributed by atoms with Gasteiger partial charge < -0.3 is 5.32 Å². The summed E-state index contributed by atoms with van der Waals surface area (Å²) < 4.78 is 0. The van der Waals surface area contributed by atoms with E-state index < -0.39 is 0 Å². The lowest BCUT2D eigenvalue weighted by Crippen LogP contribution is -2.25. The lowest BCUT2D eigenvalue weighted by atomic mass is 10.1. The van der Waals surface area contributed by atoms with Gasteiger partial charge in [0.1, 0.15) is 0 Å². The molecule has 0 amide bonds. The minimum Gasteiger partial charge on any atom is -0.380 e. The number of rotatable bonds is 2. The van der Waals surface area contributed by atoms with Crippen molar-refractivity contribution in [2.75, 3.05) is 5.32 Å². The Bertz CT molecular complexity index is 277. The van der Waals surface area contributed by atoms with Crippen LogP contribution in [0.25, 0.3) is 6.08 Å². The van der Waals surface area contributed by atoms with Crippen LogP contribution in [0, 0.1) is 0 Å². The molecular weight excluding hydrogens is 158 g/mol. The second-order valence-electron chi connectivity index (χ2n) is 4.20. The number of benzene rings is 1. The van der Waals surface area contributed by atoms with E-state index in [2.05, 4.69) is 56.9 Å². The standard InChI is InChI=1S/C12H17N/c1-5-10-6-8-11(9-7-10)13-12(2,3)4/h5-9,13H,1H2,2-4H3. The second-order valence-corrected chi connectivity index (χ2v) is 4.20. The summed E-state index contributed by atoms with van der Waals surface area (Å²) in [6.45, 7) is 10.2. The Morgan fingerprint density at radius 2 is 1.69 bits per heavy atom. The summed E-state index contributed by atoms with van der Waals surface area (Å²) in [4.78, 5) is 0. The van der Waals surface area contributed by atoms with E-state index in [9.17, 15) is 0 Å². The molecule has 0 heterocycles. The van der Waals surface area contributed by atoms with Crippen LogP contribution in [0.3, 0.4) is 0 Å². The zero-order valence-corrected chi connectivity index (χ0v) is 8.59. The fraction of sp³-hybridized carbons (Fsp3) is 0.333. The quantitative estimate of drug-likeness (QED) is 0.725. The highest BCUT2D eigenvalue weighted by atomic mass is 14.9. The third-order valence-electron chi connectivity index (χ3n) is 1.67. The lowest BCUT2D eigenvalue weighted by molar-refractivity contribution is 0.634. The molecule has 0 saturated carbocycles. The minimum absolute atomic E-state index is 0.121. The first-order chi connectivity index (χ1) is 6.01. The normalized spacial score (nSPS) is 11.0. The molecule has 0 aliphatic heterocycles. The van der Waals surface area contributed by atoms with Gasteiger partial charge in [0, 0.05) is 11.2 Å². The van der Waals surface area contributed by atoms with Crippen molar-refractivity contribution in [3.8, 4) is 0 Å². The molecule has 1 heteroatoms. The summed E-state index contributed by atoms with van der Waals surface area (Å²) in [6.07, 6.45) is 1.85. The zero-order chi connectivity index (χ0) is 9.90. The number of hydrogen-bond donors (Lipinski definition) is 1. The van der Waals surface area contributed by atoms with Crippen LogP contribution in [0.5, 0.6) is 0 Å². The molecule has 0 aliphatic rings. The summed E-state index contributed by atoms with van der Waals surface area (Å²) in [7, 11) is 0. The number of anilines is 1. The number of nitrogens with one attached hydrogen (secondary N) is 1. The van der Waals surface area contributed by atoms with Gasteiger partial charge in [-0.1, -0.05) is 24.8 Å². The smallest absolute Gasteiger partial charge is 0.0344 e. The van der Waals surface area contributed by atoms with E-state index in [0.29, 0.717) is 0 Å². The summed E-state index contributed by atoms with van der Waals surface area (Å²) in [5.41, 5.74) is 2.42. The van der Waals surface area contributed by atoms with Gasteiger partial charge in [-0.05, 0) is 38.5 Å². The van der Waals surface area contributed by atoms with Gasteiger partial charge in [0.05, 0.1) is 0 Å². The molecule has 0 bridgehead atoms. The van der Waals surface area contributed by atoms with Crippen molar-refractivity contribution in [2.45, 2.75) is 26.3 Å². The highest BCUT2D eigenvalue weighted by Gasteiger charge is 2.08. The first kappa shape index (κ1) is 9.85. The average Bonchev–Trinajstić information content (AvgIpc) is 2.03. The van der Waals surface area contributed by atoms with Crippen molar-refractivity contribution in [1.82, 2.24) is 0 Å². The summed E-state index contributed by atoms with van der Waals surface area (Å²) in [5.74, 6) is 0. The summed E-state index contributed by atoms with van der Waals surface area (Å²) in [5, 5.41) is 3.40. The van der Waals surface area contributed by atoms with Crippen molar-refractivity contribution in [2.24, 2.45) is 0 Å². The molecule has 0 spiro atoms. The number of hydrogen-bond acceptors (Lipinski definition) is 1. The van der Waals surface area contributed by atoms with Gasteiger partial charge in [0.15, 0.2) is 0 Å². The van der Waals surface area contributed by atoms with Crippen LogP contribution in [-0.2, 0) is 0 Å². The lowest BCUT2D eigenvalue weighted by Gasteiger charge is -2.22. The monoisotopic (exact) mass is 175 g/mol. The molecule has 1 nitrogen and oxygen atoms in total. The Kier molecular flexibility index (Phi) is 2.76. The van der Waals surface area contributed by atoms with E-state index in [-0.39, 0.29) is 5.54 Å². The Morgan fingerprint density at radius 1 is 1.15 bits per heavy atom. The largest absolute Gasteiger partial charge is 0.380 e. The minimum atomic E-state index is 0.121. The van der Waals surface area contributed by atoms with Crippen molar-refractivity contribution in [3.05, 3.63) is 36.4 Å². The SMILES string of the molecule is C=Cc1ccc(NC(C)(C)C)cc1. The van der Waals surface area contributed by atoms with Gasteiger partial charge in [0.2, 0.25) is 0 Å². The van der Waals surface area contributed by atoms with Crippen LogP contribution < -0.4 is 5.32 Å². The molecule has 0 radical (unpaired) electrons. The third-order valence-corrected chi connectivity index (χ3v) is 1.67. The van der Waals surface area contributed by atoms with Crippen molar-refractivity contribution in [3.63, 3.8) is 0 Å². The first-order valence-corrected chi connectivity index (χ1v) is 4.52. The molecule has 13 heavy (non-hydrogen) atoms. The van der Waals surface area contributed by atoms with Crippen LogP contribution in [0.15, 0.2) is 30.8 Å². The Hall–Kier alpha value is -1.24.